The normalized spacial score (nSPS) is 12.5. The lowest BCUT2D eigenvalue weighted by molar-refractivity contribution is 0.176. The largest absolute Gasteiger partial charge is 0.491 e. The Labute approximate surface area is 93.9 Å². The van der Waals surface area contributed by atoms with Gasteiger partial charge in [-0.3, -0.25) is 0 Å². The number of unbranched alkanes of at least 4 members (excludes halogenated alkanes) is 1. The van der Waals surface area contributed by atoms with Crippen LogP contribution < -0.4 is 4.74 Å². The van der Waals surface area contributed by atoms with Crippen molar-refractivity contribution < 1.29 is 18.6 Å². The molecule has 2 nitrogen and oxygen atoms in total. The first kappa shape index (κ1) is 12.9. The molecule has 0 aliphatic carbocycles. The van der Waals surface area contributed by atoms with Crippen molar-refractivity contribution in [2.75, 3.05) is 6.61 Å². The van der Waals surface area contributed by atoms with Gasteiger partial charge in [0, 0.05) is 6.07 Å². The third-order valence-electron chi connectivity index (χ3n) is 2.17. The number of benzene rings is 1. The van der Waals surface area contributed by atoms with Gasteiger partial charge in [-0.05, 0) is 38.3 Å². The van der Waals surface area contributed by atoms with E-state index in [9.17, 15) is 8.78 Å². The van der Waals surface area contributed by atoms with Crippen LogP contribution in [0.15, 0.2) is 18.2 Å². The minimum atomic E-state index is -0.685. The number of aliphatic hydroxyl groups excluding tert-OH is 1. The van der Waals surface area contributed by atoms with Crippen molar-refractivity contribution in [3.63, 3.8) is 0 Å². The second-order valence-corrected chi connectivity index (χ2v) is 3.77. The van der Waals surface area contributed by atoms with Gasteiger partial charge in [0.15, 0.2) is 11.6 Å². The smallest absolute Gasteiger partial charge is 0.167 e. The molecular weight excluding hydrogens is 214 g/mol. The van der Waals surface area contributed by atoms with Gasteiger partial charge >= 0.3 is 0 Å². The summed E-state index contributed by atoms with van der Waals surface area (Å²) in [6.45, 7) is 2.09. The Kier molecular flexibility index (Phi) is 5.19. The number of halogens is 2. The van der Waals surface area contributed by atoms with Gasteiger partial charge < -0.3 is 9.84 Å². The van der Waals surface area contributed by atoms with Gasteiger partial charge in [-0.15, -0.1) is 0 Å². The van der Waals surface area contributed by atoms with E-state index in [0.29, 0.717) is 13.0 Å². The molecule has 1 unspecified atom stereocenters. The van der Waals surface area contributed by atoms with E-state index in [4.69, 9.17) is 9.84 Å². The molecule has 0 aliphatic rings. The SMILES string of the molecule is CC(O)CCCCOc1ccc(F)cc1F. The van der Waals surface area contributed by atoms with Crippen molar-refractivity contribution in [3.8, 4) is 5.75 Å². The van der Waals surface area contributed by atoms with Crippen LogP contribution in [0.4, 0.5) is 8.78 Å². The number of ether oxygens (including phenoxy) is 1. The molecule has 0 heterocycles. The minimum Gasteiger partial charge on any atom is -0.491 e. The molecule has 0 fully saturated rings. The fourth-order valence-electron chi connectivity index (χ4n) is 1.32. The summed E-state index contributed by atoms with van der Waals surface area (Å²) in [4.78, 5) is 0. The quantitative estimate of drug-likeness (QED) is 0.761. The van der Waals surface area contributed by atoms with Crippen LogP contribution in [-0.2, 0) is 0 Å². The van der Waals surface area contributed by atoms with Crippen LogP contribution in [0.3, 0.4) is 0 Å². The Morgan fingerprint density at radius 2 is 2.06 bits per heavy atom. The second kappa shape index (κ2) is 6.43. The lowest BCUT2D eigenvalue weighted by Crippen LogP contribution is -2.03. The molecule has 0 radical (unpaired) electrons. The molecule has 0 saturated heterocycles. The first-order valence-corrected chi connectivity index (χ1v) is 5.35. The fourth-order valence-corrected chi connectivity index (χ4v) is 1.32. The number of rotatable bonds is 6. The molecule has 0 spiro atoms. The summed E-state index contributed by atoms with van der Waals surface area (Å²) < 4.78 is 30.8. The van der Waals surface area contributed by atoms with Gasteiger partial charge in [0.05, 0.1) is 12.7 Å². The van der Waals surface area contributed by atoms with E-state index in [2.05, 4.69) is 0 Å². The van der Waals surface area contributed by atoms with E-state index in [1.165, 1.54) is 6.07 Å². The summed E-state index contributed by atoms with van der Waals surface area (Å²) in [5.74, 6) is -1.23. The maximum Gasteiger partial charge on any atom is 0.167 e. The standard InChI is InChI=1S/C12H16F2O2/c1-9(15)4-2-3-7-16-12-6-5-10(13)8-11(12)14/h5-6,8-9,15H,2-4,7H2,1H3. The highest BCUT2D eigenvalue weighted by Gasteiger charge is 2.04. The topological polar surface area (TPSA) is 29.5 Å². The molecular formula is C12H16F2O2. The van der Waals surface area contributed by atoms with Crippen LogP contribution in [-0.4, -0.2) is 17.8 Å². The Morgan fingerprint density at radius 3 is 2.69 bits per heavy atom. The second-order valence-electron chi connectivity index (χ2n) is 3.77. The zero-order valence-electron chi connectivity index (χ0n) is 9.25. The summed E-state index contributed by atoms with van der Waals surface area (Å²) in [5.41, 5.74) is 0. The highest BCUT2D eigenvalue weighted by atomic mass is 19.1. The predicted octanol–water partition coefficient (Wildman–Crippen LogP) is 2.89. The van der Waals surface area contributed by atoms with Crippen LogP contribution in [0.5, 0.6) is 5.75 Å². The number of aliphatic hydroxyl groups is 1. The predicted molar refractivity (Wildman–Crippen MR) is 57.4 cm³/mol. The number of hydrogen-bond donors (Lipinski definition) is 1. The third-order valence-corrected chi connectivity index (χ3v) is 2.17. The van der Waals surface area contributed by atoms with Gasteiger partial charge in [-0.1, -0.05) is 0 Å². The fraction of sp³-hybridized carbons (Fsp3) is 0.500. The van der Waals surface area contributed by atoms with E-state index in [1.54, 1.807) is 6.92 Å². The molecule has 16 heavy (non-hydrogen) atoms. The van der Waals surface area contributed by atoms with Crippen molar-refractivity contribution >= 4 is 0 Å². The van der Waals surface area contributed by atoms with Crippen LogP contribution in [0.25, 0.3) is 0 Å². The van der Waals surface area contributed by atoms with E-state index < -0.39 is 11.6 Å². The summed E-state index contributed by atoms with van der Waals surface area (Å²) >= 11 is 0. The Bertz CT molecular complexity index is 327. The average Bonchev–Trinajstić information content (AvgIpc) is 2.20. The molecule has 1 rings (SSSR count). The maximum absolute atomic E-state index is 13.1. The summed E-state index contributed by atoms with van der Waals surface area (Å²) in [5, 5.41) is 9.00. The molecule has 0 aliphatic heterocycles. The molecule has 90 valence electrons. The van der Waals surface area contributed by atoms with E-state index in [0.717, 1.165) is 25.0 Å². The van der Waals surface area contributed by atoms with E-state index >= 15 is 0 Å². The molecule has 0 aromatic heterocycles. The van der Waals surface area contributed by atoms with Crippen LogP contribution in [0, 0.1) is 11.6 Å². The Morgan fingerprint density at radius 1 is 1.31 bits per heavy atom. The summed E-state index contributed by atoms with van der Waals surface area (Å²) in [6, 6.07) is 3.23. The van der Waals surface area contributed by atoms with E-state index in [-0.39, 0.29) is 11.9 Å². The number of hydrogen-bond acceptors (Lipinski definition) is 2. The van der Waals surface area contributed by atoms with Crippen LogP contribution >= 0.6 is 0 Å². The van der Waals surface area contributed by atoms with Gasteiger partial charge in [-0.2, -0.15) is 0 Å². The van der Waals surface area contributed by atoms with Gasteiger partial charge in [0.25, 0.3) is 0 Å². The molecule has 1 aromatic rings. The summed E-state index contributed by atoms with van der Waals surface area (Å²) in [7, 11) is 0. The zero-order valence-corrected chi connectivity index (χ0v) is 9.25. The molecule has 0 bridgehead atoms. The third kappa shape index (κ3) is 4.57. The van der Waals surface area contributed by atoms with E-state index in [1.807, 2.05) is 0 Å². The van der Waals surface area contributed by atoms with Crippen LogP contribution in [0.2, 0.25) is 0 Å². The van der Waals surface area contributed by atoms with Gasteiger partial charge in [0.1, 0.15) is 5.82 Å². The molecule has 0 amide bonds. The first-order chi connectivity index (χ1) is 7.59. The Balaban J connectivity index is 2.27. The highest BCUT2D eigenvalue weighted by Crippen LogP contribution is 2.17. The van der Waals surface area contributed by atoms with Gasteiger partial charge in [0.2, 0.25) is 0 Å². The van der Waals surface area contributed by atoms with Gasteiger partial charge in [-0.25, -0.2) is 8.78 Å². The highest BCUT2D eigenvalue weighted by molar-refractivity contribution is 5.24. The monoisotopic (exact) mass is 230 g/mol. The lowest BCUT2D eigenvalue weighted by atomic mass is 10.2. The van der Waals surface area contributed by atoms with Crippen molar-refractivity contribution in [2.24, 2.45) is 0 Å². The molecule has 1 atom stereocenters. The zero-order chi connectivity index (χ0) is 12.0. The minimum absolute atomic E-state index is 0.0680. The molecule has 1 N–H and O–H groups in total. The van der Waals surface area contributed by atoms with Crippen molar-refractivity contribution in [3.05, 3.63) is 29.8 Å². The van der Waals surface area contributed by atoms with Crippen molar-refractivity contribution in [1.29, 1.82) is 0 Å². The lowest BCUT2D eigenvalue weighted by Gasteiger charge is -2.07. The molecule has 1 aromatic carbocycles. The maximum atomic E-state index is 13.1. The van der Waals surface area contributed by atoms with Crippen molar-refractivity contribution in [2.45, 2.75) is 32.3 Å². The van der Waals surface area contributed by atoms with Crippen LogP contribution in [0.1, 0.15) is 26.2 Å². The molecule has 4 heteroatoms. The van der Waals surface area contributed by atoms with Crippen molar-refractivity contribution in [1.82, 2.24) is 0 Å². The molecule has 0 saturated carbocycles. The summed E-state index contributed by atoms with van der Waals surface area (Å²) in [6.07, 6.45) is 1.94. The Hall–Kier alpha value is -1.16. The first-order valence-electron chi connectivity index (χ1n) is 5.35. The average molecular weight is 230 g/mol.